The Labute approximate surface area is 144 Å². The van der Waals surface area contributed by atoms with Crippen molar-refractivity contribution in [1.82, 2.24) is 5.43 Å². The summed E-state index contributed by atoms with van der Waals surface area (Å²) in [6, 6.07) is 8.49. The van der Waals surface area contributed by atoms with Gasteiger partial charge in [0, 0.05) is 5.56 Å². The number of amides is 1. The van der Waals surface area contributed by atoms with E-state index in [9.17, 15) is 9.18 Å². The quantitative estimate of drug-likeness (QED) is 0.639. The molecule has 0 spiro atoms. The van der Waals surface area contributed by atoms with Crippen LogP contribution in [0, 0.1) is 5.82 Å². The van der Waals surface area contributed by atoms with E-state index in [-0.39, 0.29) is 0 Å². The molecule has 5 nitrogen and oxygen atoms in total. The molecule has 0 bridgehead atoms. The molecule has 24 heavy (non-hydrogen) atoms. The number of carbonyl (C=O) groups excluding carboxylic acids is 1. The molecule has 0 atom stereocenters. The highest BCUT2D eigenvalue weighted by Crippen LogP contribution is 2.35. The van der Waals surface area contributed by atoms with Gasteiger partial charge in [-0.25, -0.2) is 9.82 Å². The topological polar surface area (TPSA) is 59.9 Å². The van der Waals surface area contributed by atoms with Gasteiger partial charge >= 0.3 is 0 Å². The predicted octanol–water partition coefficient (Wildman–Crippen LogP) is 3.65. The van der Waals surface area contributed by atoms with Crippen molar-refractivity contribution in [3.8, 4) is 11.5 Å². The third-order valence-corrected chi connectivity index (χ3v) is 3.30. The molecule has 1 N–H and O–H groups in total. The van der Waals surface area contributed by atoms with Crippen molar-refractivity contribution in [2.24, 2.45) is 5.10 Å². The normalized spacial score (nSPS) is 10.7. The number of nitrogens with one attached hydrogen (secondary N) is 1. The zero-order chi connectivity index (χ0) is 17.5. The lowest BCUT2D eigenvalue weighted by Crippen LogP contribution is -2.17. The Morgan fingerprint density at radius 2 is 2.04 bits per heavy atom. The Balaban J connectivity index is 2.11. The first-order chi connectivity index (χ1) is 11.5. The third-order valence-electron chi connectivity index (χ3n) is 3.02. The zero-order valence-electron chi connectivity index (χ0n) is 13.2. The van der Waals surface area contributed by atoms with E-state index in [1.54, 1.807) is 12.1 Å². The number of halogens is 2. The van der Waals surface area contributed by atoms with Crippen LogP contribution in [-0.2, 0) is 0 Å². The molecule has 7 heteroatoms. The first-order valence-electron chi connectivity index (χ1n) is 7.14. The van der Waals surface area contributed by atoms with Crippen LogP contribution in [0.5, 0.6) is 11.5 Å². The van der Waals surface area contributed by atoms with E-state index in [1.807, 2.05) is 6.92 Å². The number of benzene rings is 2. The number of ether oxygens (including phenoxy) is 2. The largest absolute Gasteiger partial charge is 0.491 e. The van der Waals surface area contributed by atoms with Gasteiger partial charge in [-0.05, 0) is 48.9 Å². The molecule has 2 aromatic rings. The van der Waals surface area contributed by atoms with Gasteiger partial charge in [-0.1, -0.05) is 11.6 Å². The number of carbonyl (C=O) groups is 1. The SMILES string of the molecule is CCOc1cc(/C=N\NC(=O)c2ccc(F)cc2)cc(Cl)c1OC. The minimum atomic E-state index is -0.448. The van der Waals surface area contributed by atoms with E-state index in [0.29, 0.717) is 34.3 Å². The maximum absolute atomic E-state index is 12.8. The summed E-state index contributed by atoms with van der Waals surface area (Å²) in [6.45, 7) is 2.30. The molecular weight excluding hydrogens is 335 g/mol. The van der Waals surface area contributed by atoms with Crippen LogP contribution < -0.4 is 14.9 Å². The summed E-state index contributed by atoms with van der Waals surface area (Å²) in [6.07, 6.45) is 1.43. The van der Waals surface area contributed by atoms with Gasteiger partial charge in [-0.3, -0.25) is 4.79 Å². The Hall–Kier alpha value is -2.60. The summed E-state index contributed by atoms with van der Waals surface area (Å²) in [5, 5.41) is 4.24. The molecule has 0 unspecified atom stereocenters. The lowest BCUT2D eigenvalue weighted by Gasteiger charge is -2.11. The zero-order valence-corrected chi connectivity index (χ0v) is 13.9. The van der Waals surface area contributed by atoms with Gasteiger partial charge in [0.05, 0.1) is 25.0 Å². The van der Waals surface area contributed by atoms with E-state index in [0.717, 1.165) is 0 Å². The Morgan fingerprint density at radius 1 is 1.33 bits per heavy atom. The number of hydrazone groups is 1. The number of methoxy groups -OCH3 is 1. The number of nitrogens with zero attached hydrogens (tertiary/aromatic N) is 1. The number of rotatable bonds is 6. The average molecular weight is 351 g/mol. The van der Waals surface area contributed by atoms with E-state index in [4.69, 9.17) is 21.1 Å². The minimum Gasteiger partial charge on any atom is -0.491 e. The molecule has 2 aromatic carbocycles. The second-order valence-corrected chi connectivity index (χ2v) is 5.08. The first kappa shape index (κ1) is 17.7. The van der Waals surface area contributed by atoms with E-state index >= 15 is 0 Å². The summed E-state index contributed by atoms with van der Waals surface area (Å²) in [4.78, 5) is 11.9. The highest BCUT2D eigenvalue weighted by molar-refractivity contribution is 6.32. The molecule has 1 amide bonds. The van der Waals surface area contributed by atoms with Crippen LogP contribution >= 0.6 is 11.6 Å². The maximum Gasteiger partial charge on any atom is 0.271 e. The number of hydrogen-bond acceptors (Lipinski definition) is 4. The summed E-state index contributed by atoms with van der Waals surface area (Å²) in [5.41, 5.74) is 3.29. The molecule has 0 aliphatic heterocycles. The van der Waals surface area contributed by atoms with Crippen LogP contribution in [0.4, 0.5) is 4.39 Å². The lowest BCUT2D eigenvalue weighted by atomic mass is 10.2. The Bertz CT molecular complexity index is 748. The van der Waals surface area contributed by atoms with E-state index in [2.05, 4.69) is 10.5 Å². The fourth-order valence-corrected chi connectivity index (χ4v) is 2.25. The molecule has 0 saturated carbocycles. The van der Waals surface area contributed by atoms with Crippen molar-refractivity contribution < 1.29 is 18.7 Å². The standard InChI is InChI=1S/C17H16ClFN2O3/c1-3-24-15-9-11(8-14(18)16(15)23-2)10-20-21-17(22)12-4-6-13(19)7-5-12/h4-10H,3H2,1-2H3,(H,21,22)/b20-10-. The van der Waals surface area contributed by atoms with Crippen LogP contribution in [0.1, 0.15) is 22.8 Å². The fourth-order valence-electron chi connectivity index (χ4n) is 1.95. The Morgan fingerprint density at radius 3 is 2.67 bits per heavy atom. The van der Waals surface area contributed by atoms with Gasteiger partial charge in [0.15, 0.2) is 11.5 Å². The van der Waals surface area contributed by atoms with Crippen LogP contribution in [0.2, 0.25) is 5.02 Å². The van der Waals surface area contributed by atoms with Crippen LogP contribution in [-0.4, -0.2) is 25.8 Å². The minimum absolute atomic E-state index is 0.302. The van der Waals surface area contributed by atoms with Crippen molar-refractivity contribution in [3.05, 3.63) is 58.4 Å². The second kappa shape index (κ2) is 8.31. The molecular formula is C17H16ClFN2O3. The van der Waals surface area contributed by atoms with Crippen molar-refractivity contribution in [2.75, 3.05) is 13.7 Å². The summed E-state index contributed by atoms with van der Waals surface area (Å²) in [5.74, 6) is 0.0621. The van der Waals surface area contributed by atoms with E-state index < -0.39 is 11.7 Å². The van der Waals surface area contributed by atoms with Crippen molar-refractivity contribution >= 4 is 23.7 Å². The molecule has 0 aromatic heterocycles. The van der Waals surface area contributed by atoms with Gasteiger partial charge in [0.25, 0.3) is 5.91 Å². The van der Waals surface area contributed by atoms with E-state index in [1.165, 1.54) is 37.6 Å². The monoisotopic (exact) mass is 350 g/mol. The van der Waals surface area contributed by atoms with Gasteiger partial charge < -0.3 is 9.47 Å². The molecule has 0 fully saturated rings. The molecule has 0 aliphatic carbocycles. The summed E-state index contributed by atoms with van der Waals surface area (Å²) >= 11 is 6.13. The Kier molecular flexibility index (Phi) is 6.14. The third kappa shape index (κ3) is 4.45. The lowest BCUT2D eigenvalue weighted by molar-refractivity contribution is 0.0955. The summed E-state index contributed by atoms with van der Waals surface area (Å²) in [7, 11) is 1.50. The molecule has 0 radical (unpaired) electrons. The smallest absolute Gasteiger partial charge is 0.271 e. The maximum atomic E-state index is 12.8. The highest BCUT2D eigenvalue weighted by atomic mass is 35.5. The summed E-state index contributed by atoms with van der Waals surface area (Å²) < 4.78 is 23.5. The van der Waals surface area contributed by atoms with Gasteiger partial charge in [-0.2, -0.15) is 5.10 Å². The van der Waals surface area contributed by atoms with Gasteiger partial charge in [0.1, 0.15) is 5.82 Å². The highest BCUT2D eigenvalue weighted by Gasteiger charge is 2.11. The van der Waals surface area contributed by atoms with Crippen LogP contribution in [0.25, 0.3) is 0 Å². The second-order valence-electron chi connectivity index (χ2n) is 4.67. The molecule has 0 saturated heterocycles. The number of hydrogen-bond donors (Lipinski definition) is 1. The molecule has 2 rings (SSSR count). The van der Waals surface area contributed by atoms with Gasteiger partial charge in [0.2, 0.25) is 0 Å². The van der Waals surface area contributed by atoms with Crippen molar-refractivity contribution in [3.63, 3.8) is 0 Å². The van der Waals surface area contributed by atoms with Crippen LogP contribution in [0.3, 0.4) is 0 Å². The fraction of sp³-hybridized carbons (Fsp3) is 0.176. The molecule has 0 aliphatic rings. The molecule has 126 valence electrons. The average Bonchev–Trinajstić information content (AvgIpc) is 2.55. The van der Waals surface area contributed by atoms with Gasteiger partial charge in [-0.15, -0.1) is 0 Å². The first-order valence-corrected chi connectivity index (χ1v) is 7.52. The van der Waals surface area contributed by atoms with Crippen LogP contribution in [0.15, 0.2) is 41.5 Å². The van der Waals surface area contributed by atoms with Crippen molar-refractivity contribution in [1.29, 1.82) is 0 Å². The van der Waals surface area contributed by atoms with Crippen molar-refractivity contribution in [2.45, 2.75) is 6.92 Å². The molecule has 0 heterocycles. The predicted molar refractivity (Wildman–Crippen MR) is 90.6 cm³/mol.